The fraction of sp³-hybridized carbons (Fsp3) is 0.120. The maximum atomic E-state index is 13.3. The van der Waals surface area contributed by atoms with E-state index in [1.54, 1.807) is 43.5 Å². The lowest BCUT2D eigenvalue weighted by Gasteiger charge is -2.11. The molecule has 0 saturated heterocycles. The van der Waals surface area contributed by atoms with Crippen LogP contribution in [0.1, 0.15) is 32.7 Å². The van der Waals surface area contributed by atoms with E-state index in [2.05, 4.69) is 21.4 Å². The number of aryl methyl sites for hydroxylation is 2. The summed E-state index contributed by atoms with van der Waals surface area (Å²) in [6, 6.07) is 17.8. The molecule has 7 nitrogen and oxygen atoms in total. The van der Waals surface area contributed by atoms with Gasteiger partial charge in [0.2, 0.25) is 5.55 Å². The van der Waals surface area contributed by atoms with Crippen molar-refractivity contribution in [1.82, 2.24) is 4.98 Å². The molecule has 7 heteroatoms. The number of carbonyl (C=O) groups excluding carboxylic acids is 1. The van der Waals surface area contributed by atoms with Gasteiger partial charge >= 0.3 is 0 Å². The number of rotatable bonds is 4. The average molecular weight is 424 g/mol. The molecule has 2 N–H and O–H groups in total. The molecule has 0 aliphatic carbocycles. The van der Waals surface area contributed by atoms with Crippen molar-refractivity contribution in [2.45, 2.75) is 20.5 Å². The Hall–Kier alpha value is -4.28. The number of aliphatic hydroxyl groups excluding tert-OH is 1. The van der Waals surface area contributed by atoms with Gasteiger partial charge in [-0.1, -0.05) is 18.2 Å². The topological polar surface area (TPSA) is 112 Å². The SMILES string of the molecule is Cc1ccccc1NC(=O)c1cc2c(CO)cnc(C)c2oc1=Nc1ccc(C#N)cc1. The van der Waals surface area contributed by atoms with Gasteiger partial charge in [0.25, 0.3) is 5.91 Å². The van der Waals surface area contributed by atoms with E-state index in [1.807, 2.05) is 31.2 Å². The summed E-state index contributed by atoms with van der Waals surface area (Å²) >= 11 is 0. The highest BCUT2D eigenvalue weighted by molar-refractivity contribution is 6.06. The summed E-state index contributed by atoms with van der Waals surface area (Å²) < 4.78 is 6.05. The molecular formula is C25H20N4O3. The standard InChI is InChI=1S/C25H20N4O3/c1-15-5-3-4-6-22(15)29-24(31)21-11-20-18(14-30)13-27-16(2)23(20)32-25(21)28-19-9-7-17(12-26)8-10-19/h3-11,13,30H,14H2,1-2H3,(H,29,31). The van der Waals surface area contributed by atoms with E-state index in [4.69, 9.17) is 9.68 Å². The lowest BCUT2D eigenvalue weighted by atomic mass is 10.1. The summed E-state index contributed by atoms with van der Waals surface area (Å²) in [7, 11) is 0. The molecule has 32 heavy (non-hydrogen) atoms. The minimum Gasteiger partial charge on any atom is -0.436 e. The minimum atomic E-state index is -0.393. The van der Waals surface area contributed by atoms with Crippen molar-refractivity contribution in [3.05, 3.63) is 94.3 Å². The lowest BCUT2D eigenvalue weighted by Crippen LogP contribution is -2.22. The van der Waals surface area contributed by atoms with Crippen LogP contribution in [0.3, 0.4) is 0 Å². The molecular weight excluding hydrogens is 404 g/mol. The monoisotopic (exact) mass is 424 g/mol. The van der Waals surface area contributed by atoms with Crippen molar-refractivity contribution in [3.8, 4) is 6.07 Å². The first-order chi connectivity index (χ1) is 15.5. The third-order valence-electron chi connectivity index (χ3n) is 5.09. The zero-order chi connectivity index (χ0) is 22.7. The number of amides is 1. The zero-order valence-corrected chi connectivity index (χ0v) is 17.6. The zero-order valence-electron chi connectivity index (χ0n) is 17.6. The second kappa shape index (κ2) is 8.84. The number of pyridine rings is 1. The Balaban J connectivity index is 1.92. The van der Waals surface area contributed by atoms with E-state index in [-0.39, 0.29) is 17.7 Å². The van der Waals surface area contributed by atoms with Crippen LogP contribution in [0.4, 0.5) is 11.4 Å². The highest BCUT2D eigenvalue weighted by Crippen LogP contribution is 2.22. The Labute approximate surface area is 184 Å². The molecule has 0 saturated carbocycles. The summed E-state index contributed by atoms with van der Waals surface area (Å²) in [5.41, 5.74) is 4.54. The van der Waals surface area contributed by atoms with Crippen LogP contribution in [0.2, 0.25) is 0 Å². The van der Waals surface area contributed by atoms with Gasteiger partial charge in [-0.05, 0) is 55.8 Å². The van der Waals surface area contributed by atoms with E-state index in [1.165, 1.54) is 0 Å². The molecule has 0 aliphatic heterocycles. The first-order valence-corrected chi connectivity index (χ1v) is 9.95. The van der Waals surface area contributed by atoms with Crippen LogP contribution in [0.5, 0.6) is 0 Å². The van der Waals surface area contributed by atoms with Gasteiger partial charge in [0.15, 0.2) is 5.58 Å². The van der Waals surface area contributed by atoms with Crippen molar-refractivity contribution in [3.63, 3.8) is 0 Å². The number of carbonyl (C=O) groups is 1. The quantitative estimate of drug-likeness (QED) is 0.507. The van der Waals surface area contributed by atoms with Gasteiger partial charge in [-0.2, -0.15) is 5.26 Å². The van der Waals surface area contributed by atoms with Crippen LogP contribution in [0, 0.1) is 25.2 Å². The molecule has 0 unspecified atom stereocenters. The largest absolute Gasteiger partial charge is 0.436 e. The number of nitrogens with zero attached hydrogens (tertiary/aromatic N) is 3. The van der Waals surface area contributed by atoms with Crippen LogP contribution in [-0.2, 0) is 6.61 Å². The van der Waals surface area contributed by atoms with Gasteiger partial charge in [0, 0.05) is 22.8 Å². The molecule has 2 heterocycles. The Morgan fingerprint density at radius 1 is 1.19 bits per heavy atom. The first kappa shape index (κ1) is 21.0. The Morgan fingerprint density at radius 3 is 2.62 bits per heavy atom. The smallest absolute Gasteiger partial charge is 0.261 e. The number of aromatic nitrogens is 1. The number of nitriles is 1. The second-order valence-corrected chi connectivity index (χ2v) is 7.27. The third kappa shape index (κ3) is 4.13. The number of nitrogens with one attached hydrogen (secondary N) is 1. The maximum Gasteiger partial charge on any atom is 0.261 e. The Morgan fingerprint density at radius 2 is 1.94 bits per heavy atom. The highest BCUT2D eigenvalue weighted by atomic mass is 16.3. The van der Waals surface area contributed by atoms with Gasteiger partial charge in [-0.3, -0.25) is 9.78 Å². The molecule has 2 aromatic carbocycles. The number of anilines is 1. The van der Waals surface area contributed by atoms with E-state index < -0.39 is 5.91 Å². The summed E-state index contributed by atoms with van der Waals surface area (Å²) in [5, 5.41) is 22.3. The van der Waals surface area contributed by atoms with Crippen molar-refractivity contribution in [1.29, 1.82) is 5.26 Å². The molecule has 4 aromatic rings. The normalized spacial score (nSPS) is 11.4. The predicted molar refractivity (Wildman–Crippen MR) is 120 cm³/mol. The van der Waals surface area contributed by atoms with E-state index in [0.29, 0.717) is 39.2 Å². The van der Waals surface area contributed by atoms with Crippen LogP contribution in [-0.4, -0.2) is 16.0 Å². The van der Waals surface area contributed by atoms with E-state index in [9.17, 15) is 9.90 Å². The van der Waals surface area contributed by atoms with Gasteiger partial charge < -0.3 is 14.8 Å². The average Bonchev–Trinajstić information content (AvgIpc) is 2.81. The second-order valence-electron chi connectivity index (χ2n) is 7.27. The maximum absolute atomic E-state index is 13.3. The molecule has 0 aliphatic rings. The molecule has 2 aromatic heterocycles. The van der Waals surface area contributed by atoms with Crippen molar-refractivity contribution >= 4 is 28.3 Å². The molecule has 4 rings (SSSR count). The fourth-order valence-corrected chi connectivity index (χ4v) is 3.29. The van der Waals surface area contributed by atoms with Crippen molar-refractivity contribution < 1.29 is 14.3 Å². The van der Waals surface area contributed by atoms with Crippen LogP contribution in [0.15, 0.2) is 70.2 Å². The van der Waals surface area contributed by atoms with Gasteiger partial charge in [0.1, 0.15) is 5.56 Å². The molecule has 0 spiro atoms. The van der Waals surface area contributed by atoms with Gasteiger partial charge in [-0.15, -0.1) is 0 Å². The third-order valence-corrected chi connectivity index (χ3v) is 5.09. The summed E-state index contributed by atoms with van der Waals surface area (Å²) in [5.74, 6) is -0.393. The van der Waals surface area contributed by atoms with Crippen molar-refractivity contribution in [2.75, 3.05) is 5.32 Å². The number of para-hydroxylation sites is 1. The molecule has 0 fully saturated rings. The van der Waals surface area contributed by atoms with Crippen LogP contribution in [0.25, 0.3) is 11.0 Å². The lowest BCUT2D eigenvalue weighted by molar-refractivity contribution is 0.102. The molecule has 0 radical (unpaired) electrons. The van der Waals surface area contributed by atoms with E-state index in [0.717, 1.165) is 5.56 Å². The molecule has 1 amide bonds. The Kier molecular flexibility index (Phi) is 5.79. The van der Waals surface area contributed by atoms with E-state index >= 15 is 0 Å². The number of hydrogen-bond acceptors (Lipinski definition) is 6. The molecule has 158 valence electrons. The minimum absolute atomic E-state index is 0.105. The predicted octanol–water partition coefficient (Wildman–Crippen LogP) is 4.29. The number of hydrogen-bond donors (Lipinski definition) is 2. The van der Waals surface area contributed by atoms with Crippen LogP contribution < -0.4 is 10.9 Å². The molecule has 0 atom stereocenters. The van der Waals surface area contributed by atoms with Crippen molar-refractivity contribution in [2.24, 2.45) is 4.99 Å². The highest BCUT2D eigenvalue weighted by Gasteiger charge is 2.17. The van der Waals surface area contributed by atoms with Crippen LogP contribution >= 0.6 is 0 Å². The van der Waals surface area contributed by atoms with Gasteiger partial charge in [-0.25, -0.2) is 4.99 Å². The summed E-state index contributed by atoms with van der Waals surface area (Å²) in [6.45, 7) is 3.44. The fourth-order valence-electron chi connectivity index (χ4n) is 3.29. The first-order valence-electron chi connectivity index (χ1n) is 9.95. The van der Waals surface area contributed by atoms with Gasteiger partial charge in [0.05, 0.1) is 29.6 Å². The molecule has 0 bridgehead atoms. The number of benzene rings is 2. The number of aliphatic hydroxyl groups is 1. The number of fused-ring (bicyclic) bond motifs is 1. The summed E-state index contributed by atoms with van der Waals surface area (Å²) in [6.07, 6.45) is 1.56. The summed E-state index contributed by atoms with van der Waals surface area (Å²) in [4.78, 5) is 22.0. The Bertz CT molecular complexity index is 1430.